The summed E-state index contributed by atoms with van der Waals surface area (Å²) in [6, 6.07) is 0. The number of primary amides is 1. The van der Waals surface area contributed by atoms with Crippen LogP contribution >= 0.6 is 0 Å². The molecule has 0 atom stereocenters. The number of nitrogens with zero attached hydrogens (tertiary/aromatic N) is 2. The Hall–Kier alpha value is -2.22. The molecule has 0 radical (unpaired) electrons. The highest BCUT2D eigenvalue weighted by Crippen LogP contribution is 2.05. The van der Waals surface area contributed by atoms with Gasteiger partial charge in [-0.15, -0.1) is 0 Å². The Morgan fingerprint density at radius 2 is 2.06 bits per heavy atom. The van der Waals surface area contributed by atoms with E-state index in [-0.39, 0.29) is 5.56 Å². The van der Waals surface area contributed by atoms with Crippen molar-refractivity contribution in [1.29, 1.82) is 0 Å². The van der Waals surface area contributed by atoms with E-state index in [1.807, 2.05) is 5.48 Å². The van der Waals surface area contributed by atoms with Crippen molar-refractivity contribution in [3.8, 4) is 0 Å². The Labute approximate surface area is 103 Å². The third kappa shape index (κ3) is 2.92. The molecular weight excluding hydrogens is 240 g/mol. The minimum absolute atomic E-state index is 0.0746. The van der Waals surface area contributed by atoms with E-state index in [0.717, 1.165) is 4.68 Å². The van der Waals surface area contributed by atoms with E-state index in [1.54, 1.807) is 13.8 Å². The van der Waals surface area contributed by atoms with Gasteiger partial charge < -0.3 is 5.73 Å². The lowest BCUT2D eigenvalue weighted by Crippen LogP contribution is -2.36. The molecule has 0 aliphatic heterocycles. The van der Waals surface area contributed by atoms with Crippen LogP contribution in [0.5, 0.6) is 0 Å². The first-order chi connectivity index (χ1) is 8.34. The lowest BCUT2D eigenvalue weighted by Gasteiger charge is -2.09. The van der Waals surface area contributed by atoms with Crippen LogP contribution in [0, 0.1) is 13.8 Å². The van der Waals surface area contributed by atoms with Gasteiger partial charge in [0.1, 0.15) is 5.56 Å². The van der Waals surface area contributed by atoms with Gasteiger partial charge in [0, 0.05) is 7.05 Å². The Morgan fingerprint density at radius 3 is 2.61 bits per heavy atom. The van der Waals surface area contributed by atoms with Crippen molar-refractivity contribution in [1.82, 2.24) is 15.3 Å². The van der Waals surface area contributed by atoms with Crippen LogP contribution in [0.4, 0.5) is 0 Å². The monoisotopic (exact) mass is 254 g/mol. The van der Waals surface area contributed by atoms with Crippen molar-refractivity contribution in [2.45, 2.75) is 13.8 Å². The van der Waals surface area contributed by atoms with Crippen molar-refractivity contribution >= 4 is 11.8 Å². The van der Waals surface area contributed by atoms with Gasteiger partial charge in [-0.05, 0) is 19.4 Å². The summed E-state index contributed by atoms with van der Waals surface area (Å²) in [6.07, 6.45) is 0. The summed E-state index contributed by atoms with van der Waals surface area (Å²) in [5, 5.41) is 3.93. The normalized spacial score (nSPS) is 10.2. The molecule has 0 fully saturated rings. The zero-order valence-electron chi connectivity index (χ0n) is 10.3. The molecule has 0 aliphatic carbocycles. The number of hydrogen-bond donors (Lipinski definition) is 2. The SMILES string of the molecule is Cc1nn(C)c(=O)c(C(=O)NOCC(N)=O)c1C. The Balaban J connectivity index is 2.99. The maximum Gasteiger partial charge on any atom is 0.280 e. The average Bonchev–Trinajstić information content (AvgIpc) is 2.26. The summed E-state index contributed by atoms with van der Waals surface area (Å²) in [4.78, 5) is 38.5. The molecule has 0 aliphatic rings. The van der Waals surface area contributed by atoms with E-state index in [0.29, 0.717) is 11.3 Å². The van der Waals surface area contributed by atoms with Crippen LogP contribution in [0.2, 0.25) is 0 Å². The van der Waals surface area contributed by atoms with E-state index < -0.39 is 24.0 Å². The number of carbonyl (C=O) groups is 2. The van der Waals surface area contributed by atoms with Crippen LogP contribution in [0.15, 0.2) is 4.79 Å². The third-order valence-corrected chi connectivity index (χ3v) is 2.33. The van der Waals surface area contributed by atoms with Crippen molar-refractivity contribution < 1.29 is 14.4 Å². The largest absolute Gasteiger partial charge is 0.368 e. The molecule has 1 aromatic rings. The number of hydroxylamine groups is 1. The highest BCUT2D eigenvalue weighted by atomic mass is 16.7. The van der Waals surface area contributed by atoms with Gasteiger partial charge in [-0.3, -0.25) is 19.2 Å². The summed E-state index contributed by atoms with van der Waals surface area (Å²) >= 11 is 0. The van der Waals surface area contributed by atoms with E-state index >= 15 is 0 Å². The van der Waals surface area contributed by atoms with Crippen molar-refractivity contribution in [3.05, 3.63) is 27.2 Å². The fourth-order valence-electron chi connectivity index (χ4n) is 1.34. The van der Waals surface area contributed by atoms with Crippen LogP contribution in [0.25, 0.3) is 0 Å². The van der Waals surface area contributed by atoms with E-state index in [4.69, 9.17) is 5.73 Å². The molecule has 0 saturated carbocycles. The van der Waals surface area contributed by atoms with Gasteiger partial charge in [0.25, 0.3) is 11.5 Å². The lowest BCUT2D eigenvalue weighted by atomic mass is 10.1. The van der Waals surface area contributed by atoms with Crippen LogP contribution in [-0.2, 0) is 16.7 Å². The predicted molar refractivity (Wildman–Crippen MR) is 61.6 cm³/mol. The van der Waals surface area contributed by atoms with Crippen LogP contribution in [0.3, 0.4) is 0 Å². The van der Waals surface area contributed by atoms with Crippen LogP contribution in [-0.4, -0.2) is 28.2 Å². The summed E-state index contributed by atoms with van der Waals surface area (Å²) in [7, 11) is 1.44. The maximum atomic E-state index is 11.8. The molecule has 3 N–H and O–H groups in total. The number of nitrogens with two attached hydrogens (primary N) is 1. The molecule has 8 heteroatoms. The minimum Gasteiger partial charge on any atom is -0.368 e. The van der Waals surface area contributed by atoms with Gasteiger partial charge >= 0.3 is 0 Å². The molecule has 0 saturated heterocycles. The summed E-state index contributed by atoms with van der Waals surface area (Å²) < 4.78 is 1.06. The quantitative estimate of drug-likeness (QED) is 0.637. The highest BCUT2D eigenvalue weighted by molar-refractivity contribution is 5.94. The van der Waals surface area contributed by atoms with Crippen LogP contribution in [0.1, 0.15) is 21.6 Å². The molecule has 0 aromatic carbocycles. The van der Waals surface area contributed by atoms with Gasteiger partial charge in [0.15, 0.2) is 6.61 Å². The van der Waals surface area contributed by atoms with Crippen molar-refractivity contribution in [2.75, 3.05) is 6.61 Å². The zero-order chi connectivity index (χ0) is 13.9. The topological polar surface area (TPSA) is 116 Å². The molecule has 1 rings (SSSR count). The summed E-state index contributed by atoms with van der Waals surface area (Å²) in [6.45, 7) is 2.82. The van der Waals surface area contributed by atoms with Gasteiger partial charge in [0.05, 0.1) is 5.69 Å². The van der Waals surface area contributed by atoms with Gasteiger partial charge in [0.2, 0.25) is 5.91 Å². The van der Waals surface area contributed by atoms with E-state index in [1.165, 1.54) is 7.05 Å². The second-order valence-electron chi connectivity index (χ2n) is 3.70. The van der Waals surface area contributed by atoms with Gasteiger partial charge in [-0.1, -0.05) is 0 Å². The first-order valence-corrected chi connectivity index (χ1v) is 5.09. The molecule has 0 unspecified atom stereocenters. The number of carbonyl (C=O) groups excluding carboxylic acids is 2. The second kappa shape index (κ2) is 5.41. The number of rotatable bonds is 4. The molecular formula is C10H14N4O4. The second-order valence-corrected chi connectivity index (χ2v) is 3.70. The number of aromatic nitrogens is 2. The fraction of sp³-hybridized carbons (Fsp3) is 0.400. The highest BCUT2D eigenvalue weighted by Gasteiger charge is 2.18. The fourth-order valence-corrected chi connectivity index (χ4v) is 1.34. The molecule has 1 aromatic heterocycles. The molecule has 8 nitrogen and oxygen atoms in total. The molecule has 0 bridgehead atoms. The van der Waals surface area contributed by atoms with Crippen LogP contribution < -0.4 is 16.8 Å². The molecule has 18 heavy (non-hydrogen) atoms. The maximum absolute atomic E-state index is 11.8. The molecule has 0 spiro atoms. The van der Waals surface area contributed by atoms with Crippen molar-refractivity contribution in [2.24, 2.45) is 12.8 Å². The Kier molecular flexibility index (Phi) is 4.16. The lowest BCUT2D eigenvalue weighted by molar-refractivity contribution is -0.124. The van der Waals surface area contributed by atoms with Gasteiger partial charge in [-0.2, -0.15) is 5.10 Å². The zero-order valence-corrected chi connectivity index (χ0v) is 10.3. The van der Waals surface area contributed by atoms with Gasteiger partial charge in [-0.25, -0.2) is 10.2 Å². The van der Waals surface area contributed by atoms with E-state index in [2.05, 4.69) is 9.94 Å². The standard InChI is InChI=1S/C10H14N4O4/c1-5-6(2)12-14(3)10(17)8(5)9(16)13-18-4-7(11)15/h4H2,1-3H3,(H2,11,15)(H,13,16). The third-order valence-electron chi connectivity index (χ3n) is 2.33. The number of hydrogen-bond acceptors (Lipinski definition) is 5. The summed E-state index contributed by atoms with van der Waals surface area (Å²) in [5.74, 6) is -1.47. The first kappa shape index (κ1) is 13.8. The Morgan fingerprint density at radius 1 is 1.44 bits per heavy atom. The Bertz CT molecular complexity index is 550. The number of amides is 2. The van der Waals surface area contributed by atoms with E-state index in [9.17, 15) is 14.4 Å². The van der Waals surface area contributed by atoms with Crippen molar-refractivity contribution in [3.63, 3.8) is 0 Å². The average molecular weight is 254 g/mol. The summed E-state index contributed by atoms with van der Waals surface area (Å²) in [5.41, 5.74) is 7.21. The molecule has 2 amide bonds. The molecule has 98 valence electrons. The molecule has 1 heterocycles. The predicted octanol–water partition coefficient (Wildman–Crippen LogP) is -1.46. The minimum atomic E-state index is -0.736. The first-order valence-electron chi connectivity index (χ1n) is 5.09. The number of nitrogens with one attached hydrogen (secondary N) is 1. The smallest absolute Gasteiger partial charge is 0.280 e. The number of aryl methyl sites for hydroxylation is 2.